The monoisotopic (exact) mass is 375 g/mol. The number of aromatic nitrogens is 1. The summed E-state index contributed by atoms with van der Waals surface area (Å²) < 4.78 is 5.41. The highest BCUT2D eigenvalue weighted by molar-refractivity contribution is 6.05. The molecule has 3 aromatic rings. The molecule has 6 nitrogen and oxygen atoms in total. The second-order valence-electron chi connectivity index (χ2n) is 7.57. The second kappa shape index (κ2) is 6.41. The van der Waals surface area contributed by atoms with E-state index in [2.05, 4.69) is 17.1 Å². The standard InChI is InChI=1S/C22H21N3O3/c26-20(18-8-4-7-17-9-10-23-19(17)18)24-11-12-25-21(27)28-15-22(25,14-24)13-16-5-2-1-3-6-16/h1-10,23H,11-15H2. The molecule has 3 heterocycles. The smallest absolute Gasteiger partial charge is 0.410 e. The minimum absolute atomic E-state index is 0.0144. The number of carbonyl (C=O) groups is 2. The van der Waals surface area contributed by atoms with Crippen LogP contribution in [0.4, 0.5) is 4.79 Å². The second-order valence-corrected chi connectivity index (χ2v) is 7.57. The Bertz CT molecular complexity index is 1050. The van der Waals surface area contributed by atoms with Crippen LogP contribution in [0.3, 0.4) is 0 Å². The number of nitrogens with one attached hydrogen (secondary N) is 1. The van der Waals surface area contributed by atoms with E-state index in [0.717, 1.165) is 16.5 Å². The maximum absolute atomic E-state index is 13.3. The molecule has 142 valence electrons. The molecule has 2 saturated heterocycles. The predicted molar refractivity (Wildman–Crippen MR) is 105 cm³/mol. The number of para-hydroxylation sites is 1. The molecule has 0 radical (unpaired) electrons. The summed E-state index contributed by atoms with van der Waals surface area (Å²) >= 11 is 0. The SMILES string of the molecule is O=C(c1cccc2cc[nH]c12)N1CCN2C(=O)OCC2(Cc2ccccc2)C1. The minimum Gasteiger partial charge on any atom is -0.447 e. The van der Waals surface area contributed by atoms with E-state index in [1.54, 1.807) is 4.90 Å². The van der Waals surface area contributed by atoms with Crippen molar-refractivity contribution < 1.29 is 14.3 Å². The number of aromatic amines is 1. The molecular formula is C22H21N3O3. The molecular weight excluding hydrogens is 354 g/mol. The number of piperazine rings is 1. The fraction of sp³-hybridized carbons (Fsp3) is 0.273. The van der Waals surface area contributed by atoms with E-state index in [9.17, 15) is 9.59 Å². The molecule has 2 aromatic carbocycles. The van der Waals surface area contributed by atoms with Crippen molar-refractivity contribution in [2.75, 3.05) is 26.2 Å². The van der Waals surface area contributed by atoms with Crippen molar-refractivity contribution in [3.05, 3.63) is 71.9 Å². The molecule has 0 aliphatic carbocycles. The highest BCUT2D eigenvalue weighted by Crippen LogP contribution is 2.33. The van der Waals surface area contributed by atoms with Gasteiger partial charge in [-0.3, -0.25) is 9.69 Å². The van der Waals surface area contributed by atoms with Crippen molar-refractivity contribution >= 4 is 22.9 Å². The lowest BCUT2D eigenvalue weighted by molar-refractivity contribution is 0.0377. The molecule has 6 heteroatoms. The van der Waals surface area contributed by atoms with Crippen LogP contribution in [0.2, 0.25) is 0 Å². The lowest BCUT2D eigenvalue weighted by Gasteiger charge is -2.44. The largest absolute Gasteiger partial charge is 0.447 e. The third kappa shape index (κ3) is 2.64. The van der Waals surface area contributed by atoms with Crippen LogP contribution < -0.4 is 0 Å². The van der Waals surface area contributed by atoms with Crippen LogP contribution in [-0.2, 0) is 11.2 Å². The van der Waals surface area contributed by atoms with Crippen molar-refractivity contribution in [3.63, 3.8) is 0 Å². The number of carbonyl (C=O) groups excluding carboxylic acids is 2. The topological polar surface area (TPSA) is 65.6 Å². The summed E-state index contributed by atoms with van der Waals surface area (Å²) in [5.74, 6) is -0.0144. The normalized spacial score (nSPS) is 21.6. The van der Waals surface area contributed by atoms with E-state index < -0.39 is 5.54 Å². The average Bonchev–Trinajstić information content (AvgIpc) is 3.32. The van der Waals surface area contributed by atoms with Crippen LogP contribution in [0.15, 0.2) is 60.8 Å². The molecule has 0 bridgehead atoms. The Morgan fingerprint density at radius 2 is 1.93 bits per heavy atom. The number of hydrogen-bond donors (Lipinski definition) is 1. The third-order valence-corrected chi connectivity index (χ3v) is 5.82. The Hall–Kier alpha value is -3.28. The van der Waals surface area contributed by atoms with Crippen LogP contribution in [0.25, 0.3) is 10.9 Å². The van der Waals surface area contributed by atoms with Gasteiger partial charge in [0.15, 0.2) is 0 Å². The zero-order chi connectivity index (χ0) is 19.1. The first-order valence-electron chi connectivity index (χ1n) is 9.50. The highest BCUT2D eigenvalue weighted by atomic mass is 16.6. The van der Waals surface area contributed by atoms with E-state index in [0.29, 0.717) is 38.2 Å². The molecule has 1 aromatic heterocycles. The molecule has 1 unspecified atom stereocenters. The number of ether oxygens (including phenoxy) is 1. The summed E-state index contributed by atoms with van der Waals surface area (Å²) in [4.78, 5) is 32.5. The number of cyclic esters (lactones) is 1. The van der Waals surface area contributed by atoms with Crippen LogP contribution in [0, 0.1) is 0 Å². The molecule has 1 N–H and O–H groups in total. The maximum atomic E-state index is 13.3. The van der Waals surface area contributed by atoms with Crippen molar-refractivity contribution in [2.24, 2.45) is 0 Å². The fourth-order valence-electron chi connectivity index (χ4n) is 4.45. The number of amides is 2. The summed E-state index contributed by atoms with van der Waals surface area (Å²) in [6, 6.07) is 17.8. The van der Waals surface area contributed by atoms with Crippen molar-refractivity contribution in [1.82, 2.24) is 14.8 Å². The number of nitrogens with zero attached hydrogens (tertiary/aromatic N) is 2. The maximum Gasteiger partial charge on any atom is 0.410 e. The Kier molecular flexibility index (Phi) is 3.86. The van der Waals surface area contributed by atoms with Gasteiger partial charge in [0.2, 0.25) is 0 Å². The molecule has 5 rings (SSSR count). The first kappa shape index (κ1) is 16.9. The Morgan fingerprint density at radius 1 is 1.07 bits per heavy atom. The summed E-state index contributed by atoms with van der Waals surface area (Å²) in [5.41, 5.74) is 2.13. The Balaban J connectivity index is 1.47. The van der Waals surface area contributed by atoms with Gasteiger partial charge in [0.05, 0.1) is 11.1 Å². The third-order valence-electron chi connectivity index (χ3n) is 5.82. The van der Waals surface area contributed by atoms with Gasteiger partial charge in [-0.25, -0.2) is 4.79 Å². The number of hydrogen-bond acceptors (Lipinski definition) is 3. The van der Waals surface area contributed by atoms with Gasteiger partial charge < -0.3 is 14.6 Å². The number of fused-ring (bicyclic) bond motifs is 2. The zero-order valence-corrected chi connectivity index (χ0v) is 15.4. The van der Waals surface area contributed by atoms with Crippen LogP contribution in [0.1, 0.15) is 15.9 Å². The Labute approximate surface area is 162 Å². The molecule has 1 atom stereocenters. The molecule has 2 aliphatic rings. The summed E-state index contributed by atoms with van der Waals surface area (Å²) in [5, 5.41) is 1.02. The lowest BCUT2D eigenvalue weighted by Crippen LogP contribution is -2.63. The molecule has 28 heavy (non-hydrogen) atoms. The van der Waals surface area contributed by atoms with Gasteiger partial charge in [0, 0.05) is 37.6 Å². The van der Waals surface area contributed by atoms with Gasteiger partial charge in [0.1, 0.15) is 12.1 Å². The molecule has 0 spiro atoms. The van der Waals surface area contributed by atoms with Crippen LogP contribution in [-0.4, -0.2) is 58.6 Å². The lowest BCUT2D eigenvalue weighted by atomic mass is 9.88. The van der Waals surface area contributed by atoms with Crippen LogP contribution >= 0.6 is 0 Å². The quantitative estimate of drug-likeness (QED) is 0.765. The van der Waals surface area contributed by atoms with Crippen LogP contribution in [0.5, 0.6) is 0 Å². The van der Waals surface area contributed by atoms with Gasteiger partial charge in [-0.15, -0.1) is 0 Å². The minimum atomic E-state index is -0.518. The van der Waals surface area contributed by atoms with Gasteiger partial charge in [-0.05, 0) is 17.7 Å². The van der Waals surface area contributed by atoms with E-state index in [1.807, 2.05) is 53.6 Å². The van der Waals surface area contributed by atoms with Crippen molar-refractivity contribution in [3.8, 4) is 0 Å². The van der Waals surface area contributed by atoms with Gasteiger partial charge in [-0.1, -0.05) is 42.5 Å². The van der Waals surface area contributed by atoms with E-state index >= 15 is 0 Å². The zero-order valence-electron chi connectivity index (χ0n) is 15.4. The molecule has 2 amide bonds. The number of H-pyrrole nitrogens is 1. The Morgan fingerprint density at radius 3 is 2.79 bits per heavy atom. The first-order chi connectivity index (χ1) is 13.7. The predicted octanol–water partition coefficient (Wildman–Crippen LogP) is 3.06. The number of rotatable bonds is 3. The molecule has 2 fully saturated rings. The van der Waals surface area contributed by atoms with Crippen molar-refractivity contribution in [1.29, 1.82) is 0 Å². The average molecular weight is 375 g/mol. The van der Waals surface area contributed by atoms with E-state index in [4.69, 9.17) is 4.74 Å². The number of benzene rings is 2. The highest BCUT2D eigenvalue weighted by Gasteiger charge is 2.51. The molecule has 2 aliphatic heterocycles. The van der Waals surface area contributed by atoms with E-state index in [1.165, 1.54) is 0 Å². The van der Waals surface area contributed by atoms with Crippen molar-refractivity contribution in [2.45, 2.75) is 12.0 Å². The summed E-state index contributed by atoms with van der Waals surface area (Å²) in [7, 11) is 0. The fourth-order valence-corrected chi connectivity index (χ4v) is 4.45. The van der Waals surface area contributed by atoms with Gasteiger partial charge >= 0.3 is 6.09 Å². The summed E-state index contributed by atoms with van der Waals surface area (Å²) in [6.07, 6.45) is 2.23. The van der Waals surface area contributed by atoms with Gasteiger partial charge in [0.25, 0.3) is 5.91 Å². The van der Waals surface area contributed by atoms with E-state index in [-0.39, 0.29) is 12.0 Å². The molecule has 0 saturated carbocycles. The van der Waals surface area contributed by atoms with Gasteiger partial charge in [-0.2, -0.15) is 0 Å². The summed E-state index contributed by atoms with van der Waals surface area (Å²) in [6.45, 7) is 1.75. The first-order valence-corrected chi connectivity index (χ1v) is 9.50.